The van der Waals surface area contributed by atoms with Gasteiger partial charge in [-0.25, -0.2) is 13.9 Å². The number of aromatic nitrogens is 3. The third-order valence-electron chi connectivity index (χ3n) is 5.77. The first-order chi connectivity index (χ1) is 21.1. The monoisotopic (exact) mass is 618 g/mol. The minimum absolute atomic E-state index is 0.0517. The number of amides is 1. The normalized spacial score (nSPS) is 11.4. The molecule has 1 aromatic heterocycles. The lowest BCUT2D eigenvalue weighted by Gasteiger charge is -2.19. The fraction of sp³-hybridized carbons (Fsp3) is 0.382. The van der Waals surface area contributed by atoms with E-state index in [0.29, 0.717) is 49.8 Å². The molecule has 0 aliphatic carbocycles. The molecular weight excluding hydrogens is 579 g/mol. The molecule has 0 spiro atoms. The summed E-state index contributed by atoms with van der Waals surface area (Å²) in [5, 5.41) is 11.2. The largest absolute Gasteiger partial charge is 0.493 e. The SMILES string of the molecule is C#CCCCOc1cc(OCCCC#C)cc(-c2cn(Cc3cccc(SC/C(F)=C/CNC(=O)OC(C)(C)C)c3)nn2)c1. The van der Waals surface area contributed by atoms with Crippen LogP contribution in [0.1, 0.15) is 52.0 Å². The van der Waals surface area contributed by atoms with E-state index < -0.39 is 11.7 Å². The molecule has 1 amide bonds. The van der Waals surface area contributed by atoms with Gasteiger partial charge in [-0.15, -0.1) is 41.5 Å². The molecule has 0 fully saturated rings. The van der Waals surface area contributed by atoms with Gasteiger partial charge in [-0.2, -0.15) is 0 Å². The lowest BCUT2D eigenvalue weighted by atomic mass is 10.1. The minimum atomic E-state index is -0.606. The highest BCUT2D eigenvalue weighted by molar-refractivity contribution is 7.99. The molecule has 0 aliphatic heterocycles. The molecule has 3 aromatic rings. The fourth-order valence-corrected chi connectivity index (χ4v) is 4.65. The number of unbranched alkanes of at least 4 members (excludes halogenated alkanes) is 2. The maximum absolute atomic E-state index is 14.3. The Kier molecular flexibility index (Phi) is 13.7. The van der Waals surface area contributed by atoms with Gasteiger partial charge >= 0.3 is 6.09 Å². The van der Waals surface area contributed by atoms with E-state index in [1.165, 1.54) is 17.8 Å². The van der Waals surface area contributed by atoms with Crippen LogP contribution in [0.25, 0.3) is 11.3 Å². The summed E-state index contributed by atoms with van der Waals surface area (Å²) < 4.78 is 33.1. The Morgan fingerprint density at radius 2 is 1.75 bits per heavy atom. The third-order valence-corrected chi connectivity index (χ3v) is 6.78. The van der Waals surface area contributed by atoms with Crippen LogP contribution in [0.5, 0.6) is 11.5 Å². The van der Waals surface area contributed by atoms with E-state index in [9.17, 15) is 9.18 Å². The number of hydrogen-bond acceptors (Lipinski definition) is 7. The van der Waals surface area contributed by atoms with Gasteiger partial charge in [0.1, 0.15) is 28.6 Å². The Hall–Kier alpha value is -4.41. The van der Waals surface area contributed by atoms with E-state index in [1.54, 1.807) is 25.5 Å². The Morgan fingerprint density at radius 1 is 1.07 bits per heavy atom. The summed E-state index contributed by atoms with van der Waals surface area (Å²) in [6.45, 7) is 6.83. The number of nitrogens with zero attached hydrogens (tertiary/aromatic N) is 3. The predicted molar refractivity (Wildman–Crippen MR) is 172 cm³/mol. The molecule has 10 heteroatoms. The highest BCUT2D eigenvalue weighted by Gasteiger charge is 2.15. The van der Waals surface area contributed by atoms with E-state index in [0.717, 1.165) is 28.9 Å². The first-order valence-electron chi connectivity index (χ1n) is 14.4. The number of nitrogens with one attached hydrogen (secondary N) is 1. The minimum Gasteiger partial charge on any atom is -0.493 e. The number of alkyl carbamates (subject to hydrolysis) is 1. The highest BCUT2D eigenvalue weighted by atomic mass is 32.2. The quantitative estimate of drug-likeness (QED) is 0.105. The van der Waals surface area contributed by atoms with Crippen LogP contribution < -0.4 is 14.8 Å². The summed E-state index contributed by atoms with van der Waals surface area (Å²) in [7, 11) is 0. The van der Waals surface area contributed by atoms with Crippen LogP contribution in [-0.4, -0.2) is 52.2 Å². The van der Waals surface area contributed by atoms with E-state index in [-0.39, 0.29) is 18.1 Å². The van der Waals surface area contributed by atoms with Crippen LogP contribution in [0.4, 0.5) is 9.18 Å². The zero-order valence-corrected chi connectivity index (χ0v) is 26.3. The lowest BCUT2D eigenvalue weighted by molar-refractivity contribution is 0.0534. The van der Waals surface area contributed by atoms with Gasteiger partial charge in [-0.05, 0) is 69.5 Å². The summed E-state index contributed by atoms with van der Waals surface area (Å²) in [6, 6.07) is 13.5. The number of benzene rings is 2. The number of thioether (sulfide) groups is 1. The van der Waals surface area contributed by atoms with Crippen LogP contribution in [0.2, 0.25) is 0 Å². The Balaban J connectivity index is 1.61. The highest BCUT2D eigenvalue weighted by Crippen LogP contribution is 2.30. The first kappa shape index (κ1) is 34.1. The van der Waals surface area contributed by atoms with Crippen LogP contribution in [-0.2, 0) is 11.3 Å². The molecule has 0 aliphatic rings. The van der Waals surface area contributed by atoms with E-state index in [4.69, 9.17) is 27.1 Å². The van der Waals surface area contributed by atoms with Crippen molar-refractivity contribution in [1.82, 2.24) is 20.3 Å². The molecule has 2 aromatic carbocycles. The summed E-state index contributed by atoms with van der Waals surface area (Å²) in [5.41, 5.74) is 1.87. The van der Waals surface area contributed by atoms with Crippen molar-refractivity contribution < 1.29 is 23.4 Å². The first-order valence-corrected chi connectivity index (χ1v) is 15.3. The second kappa shape index (κ2) is 17.6. The summed E-state index contributed by atoms with van der Waals surface area (Å²) in [5.74, 6) is 6.36. The predicted octanol–water partition coefficient (Wildman–Crippen LogP) is 7.05. The molecule has 0 bridgehead atoms. The molecule has 3 rings (SSSR count). The van der Waals surface area contributed by atoms with Crippen molar-refractivity contribution in [2.24, 2.45) is 0 Å². The van der Waals surface area contributed by atoms with Crippen LogP contribution in [0, 0.1) is 24.7 Å². The third kappa shape index (κ3) is 12.8. The molecule has 1 heterocycles. The molecule has 44 heavy (non-hydrogen) atoms. The second-order valence-corrected chi connectivity index (χ2v) is 11.8. The van der Waals surface area contributed by atoms with Gasteiger partial charge in [-0.1, -0.05) is 17.3 Å². The van der Waals surface area contributed by atoms with Crippen molar-refractivity contribution >= 4 is 17.9 Å². The van der Waals surface area contributed by atoms with Gasteiger partial charge in [0, 0.05) is 41.7 Å². The smallest absolute Gasteiger partial charge is 0.407 e. The standard InChI is InChI=1S/C34H39FN4O4S/c1-6-8-10-17-41-29-20-27(21-30(22-29)42-18-11-9-7-2)32-24-39(38-37-32)23-26-13-12-14-31(19-26)44-25-28(35)15-16-36-33(40)43-34(3,4)5/h1-2,12-15,19-22,24H,8-11,16-18,23,25H2,3-5H3,(H,36,40)/b28-15-. The van der Waals surface area contributed by atoms with Crippen LogP contribution in [0.3, 0.4) is 0 Å². The molecule has 0 saturated carbocycles. The number of hydrogen-bond donors (Lipinski definition) is 1. The van der Waals surface area contributed by atoms with Crippen molar-refractivity contribution in [2.45, 2.75) is 63.5 Å². The number of carbonyl (C=O) groups excluding carboxylic acids is 1. The van der Waals surface area contributed by atoms with Crippen molar-refractivity contribution in [1.29, 1.82) is 0 Å². The number of ether oxygens (including phenoxy) is 3. The summed E-state index contributed by atoms with van der Waals surface area (Å²) in [6.07, 6.45) is 16.1. The molecule has 1 N–H and O–H groups in total. The Morgan fingerprint density at radius 3 is 2.39 bits per heavy atom. The van der Waals surface area contributed by atoms with Gasteiger partial charge in [0.25, 0.3) is 0 Å². The Labute approximate surface area is 263 Å². The Bertz CT molecular complexity index is 1440. The number of terminal acetylenes is 2. The van der Waals surface area contributed by atoms with Crippen molar-refractivity contribution in [3.05, 3.63) is 66.1 Å². The molecule has 0 radical (unpaired) electrons. The van der Waals surface area contributed by atoms with Gasteiger partial charge in [-0.3, -0.25) is 0 Å². The van der Waals surface area contributed by atoms with Crippen molar-refractivity contribution in [2.75, 3.05) is 25.5 Å². The van der Waals surface area contributed by atoms with E-state index in [1.807, 2.05) is 48.7 Å². The number of rotatable bonds is 16. The topological polar surface area (TPSA) is 87.5 Å². The maximum Gasteiger partial charge on any atom is 0.407 e. The van der Waals surface area contributed by atoms with Crippen molar-refractivity contribution in [3.63, 3.8) is 0 Å². The van der Waals surface area contributed by atoms with E-state index in [2.05, 4.69) is 27.5 Å². The van der Waals surface area contributed by atoms with Gasteiger partial charge < -0.3 is 19.5 Å². The van der Waals surface area contributed by atoms with Crippen molar-refractivity contribution in [3.8, 4) is 47.4 Å². The number of halogens is 1. The van der Waals surface area contributed by atoms with E-state index >= 15 is 0 Å². The molecule has 0 unspecified atom stereocenters. The number of carbonyl (C=O) groups is 1. The zero-order valence-electron chi connectivity index (χ0n) is 25.5. The molecule has 0 saturated heterocycles. The molecule has 8 nitrogen and oxygen atoms in total. The van der Waals surface area contributed by atoms with Crippen LogP contribution >= 0.6 is 11.8 Å². The average Bonchev–Trinajstić information content (AvgIpc) is 3.44. The van der Waals surface area contributed by atoms with Gasteiger partial charge in [0.05, 0.1) is 26.0 Å². The summed E-state index contributed by atoms with van der Waals surface area (Å²) >= 11 is 1.36. The summed E-state index contributed by atoms with van der Waals surface area (Å²) in [4.78, 5) is 12.6. The maximum atomic E-state index is 14.3. The van der Waals surface area contributed by atoms with Gasteiger partial charge in [0.15, 0.2) is 0 Å². The zero-order chi connectivity index (χ0) is 31.8. The fourth-order valence-electron chi connectivity index (χ4n) is 3.81. The lowest BCUT2D eigenvalue weighted by Crippen LogP contribution is -2.32. The van der Waals surface area contributed by atoms with Gasteiger partial charge in [0.2, 0.25) is 0 Å². The molecule has 232 valence electrons. The molecular formula is C34H39FN4O4S. The molecule has 0 atom stereocenters. The second-order valence-electron chi connectivity index (χ2n) is 10.8. The average molecular weight is 619 g/mol. The van der Waals surface area contributed by atoms with Crippen LogP contribution in [0.15, 0.2) is 65.5 Å².